The van der Waals surface area contributed by atoms with E-state index in [-0.39, 0.29) is 10.6 Å². The van der Waals surface area contributed by atoms with Crippen LogP contribution in [0, 0.1) is 18.7 Å². The Morgan fingerprint density at radius 2 is 1.55 bits per heavy atom. The van der Waals surface area contributed by atoms with Gasteiger partial charge in [0, 0.05) is 7.05 Å². The number of primary sulfonamides is 1. The van der Waals surface area contributed by atoms with Crippen LogP contribution in [0.15, 0.2) is 65.6 Å². The zero-order valence-electron chi connectivity index (χ0n) is 15.5. The molecule has 0 saturated carbocycles. The molecule has 2 aromatic rings. The Morgan fingerprint density at radius 1 is 1.07 bits per heavy atom. The van der Waals surface area contributed by atoms with Crippen molar-refractivity contribution >= 4 is 15.7 Å². The minimum absolute atomic E-state index is 0.148. The molecule has 2 aromatic carbocycles. The third-order valence-electron chi connectivity index (χ3n) is 3.12. The van der Waals surface area contributed by atoms with E-state index in [0.717, 1.165) is 11.1 Å². The number of terminal acetylenes is 1. The summed E-state index contributed by atoms with van der Waals surface area (Å²) in [6.45, 7) is 0. The molecule has 5 nitrogen and oxygen atoms in total. The summed E-state index contributed by atoms with van der Waals surface area (Å²) in [5.74, 6) is 4.99. The fourth-order valence-corrected chi connectivity index (χ4v) is 2.45. The number of nitrogens with zero attached hydrogens (tertiary/aromatic N) is 1. The van der Waals surface area contributed by atoms with E-state index in [1.807, 2.05) is 0 Å². The Kier molecular flexibility index (Phi) is 10.7. The molecule has 0 bridgehead atoms. The van der Waals surface area contributed by atoms with Gasteiger partial charge in [0.2, 0.25) is 10.0 Å². The van der Waals surface area contributed by atoms with Gasteiger partial charge in [0.15, 0.2) is 0 Å². The van der Waals surface area contributed by atoms with Crippen molar-refractivity contribution < 1.29 is 26.0 Å². The molecule has 0 spiro atoms. The van der Waals surface area contributed by atoms with Crippen LogP contribution in [0.2, 0.25) is 0 Å². The van der Waals surface area contributed by atoms with E-state index in [0.29, 0.717) is 5.56 Å². The number of benzene rings is 2. The summed E-state index contributed by atoms with van der Waals surface area (Å²) >= 11 is 0. The molecule has 0 aromatic heterocycles. The summed E-state index contributed by atoms with van der Waals surface area (Å²) < 4.78 is 70.2. The lowest BCUT2D eigenvalue weighted by molar-refractivity contribution is -0.125. The first kappa shape index (κ1) is 26.1. The van der Waals surface area contributed by atoms with Crippen LogP contribution >= 0.6 is 0 Å². The average molecular weight is 431 g/mol. The molecular formula is C19H21F4N3O2S. The standard InChI is InChI=1S/C11H12F4N2.C6H7NO2S.C2H2/c1-17(16)10(6-7-11(13,14)15)8-2-4-9(12)5-3-8;7-10(8,9)6-4-2-1-3-5-6;1-2/h2-6H,7,16H2,1H3;1-5H,(H2,7,8,9);1-2H/b10-6-;;. The van der Waals surface area contributed by atoms with E-state index in [2.05, 4.69) is 12.8 Å². The molecule has 0 atom stereocenters. The first-order chi connectivity index (χ1) is 13.4. The van der Waals surface area contributed by atoms with Crippen molar-refractivity contribution in [1.29, 1.82) is 0 Å². The number of alkyl halides is 3. The maximum Gasteiger partial charge on any atom is 0.392 e. The molecule has 29 heavy (non-hydrogen) atoms. The van der Waals surface area contributed by atoms with Gasteiger partial charge in [-0.15, -0.1) is 12.8 Å². The molecule has 0 saturated heterocycles. The Balaban J connectivity index is 0.000000554. The number of allylic oxidation sites excluding steroid dienone is 1. The highest BCUT2D eigenvalue weighted by atomic mass is 32.2. The minimum atomic E-state index is -4.29. The van der Waals surface area contributed by atoms with Gasteiger partial charge in [-0.3, -0.25) is 0 Å². The molecule has 0 amide bonds. The predicted octanol–water partition coefficient (Wildman–Crippen LogP) is 3.51. The molecule has 0 heterocycles. The van der Waals surface area contributed by atoms with Crippen LogP contribution in [-0.2, 0) is 10.0 Å². The monoisotopic (exact) mass is 431 g/mol. The van der Waals surface area contributed by atoms with Crippen molar-refractivity contribution in [3.05, 3.63) is 72.1 Å². The van der Waals surface area contributed by atoms with Gasteiger partial charge in [-0.2, -0.15) is 13.2 Å². The van der Waals surface area contributed by atoms with Crippen molar-refractivity contribution in [1.82, 2.24) is 5.01 Å². The van der Waals surface area contributed by atoms with Crippen LogP contribution in [0.4, 0.5) is 17.6 Å². The second kappa shape index (κ2) is 11.9. The number of rotatable bonds is 4. The van der Waals surface area contributed by atoms with Crippen LogP contribution < -0.4 is 11.0 Å². The van der Waals surface area contributed by atoms with Crippen molar-refractivity contribution in [2.24, 2.45) is 11.0 Å². The quantitative estimate of drug-likeness (QED) is 0.336. The Bertz CT molecular complexity index is 893. The van der Waals surface area contributed by atoms with Crippen LogP contribution in [0.5, 0.6) is 0 Å². The van der Waals surface area contributed by atoms with Crippen molar-refractivity contribution in [3.8, 4) is 12.8 Å². The average Bonchev–Trinajstić information content (AvgIpc) is 2.64. The number of halogens is 4. The summed E-state index contributed by atoms with van der Waals surface area (Å²) in [5.41, 5.74) is 0.628. The molecule has 0 aliphatic rings. The summed E-state index contributed by atoms with van der Waals surface area (Å²) in [7, 11) is -2.08. The van der Waals surface area contributed by atoms with E-state index >= 15 is 0 Å². The van der Waals surface area contributed by atoms with Gasteiger partial charge in [-0.25, -0.2) is 23.8 Å². The number of sulfonamides is 1. The molecular weight excluding hydrogens is 410 g/mol. The van der Waals surface area contributed by atoms with Crippen molar-refractivity contribution in [2.45, 2.75) is 17.5 Å². The van der Waals surface area contributed by atoms with Crippen LogP contribution in [0.25, 0.3) is 5.70 Å². The van der Waals surface area contributed by atoms with Gasteiger partial charge < -0.3 is 5.01 Å². The lowest BCUT2D eigenvalue weighted by Crippen LogP contribution is -2.24. The minimum Gasteiger partial charge on any atom is -0.314 e. The number of hydrogen-bond donors (Lipinski definition) is 2. The predicted molar refractivity (Wildman–Crippen MR) is 105 cm³/mol. The molecule has 10 heteroatoms. The Morgan fingerprint density at radius 3 is 1.90 bits per heavy atom. The largest absolute Gasteiger partial charge is 0.392 e. The van der Waals surface area contributed by atoms with E-state index in [4.69, 9.17) is 11.0 Å². The summed E-state index contributed by atoms with van der Waals surface area (Å²) in [5, 5.41) is 5.90. The topological polar surface area (TPSA) is 89.4 Å². The second-order valence-electron chi connectivity index (χ2n) is 5.38. The van der Waals surface area contributed by atoms with Crippen LogP contribution in [0.1, 0.15) is 12.0 Å². The molecule has 158 valence electrons. The van der Waals surface area contributed by atoms with Gasteiger partial charge in [0.1, 0.15) is 5.82 Å². The summed E-state index contributed by atoms with van der Waals surface area (Å²) in [6, 6.07) is 13.0. The zero-order chi connectivity index (χ0) is 22.7. The third-order valence-corrected chi connectivity index (χ3v) is 4.05. The zero-order valence-corrected chi connectivity index (χ0v) is 16.3. The van der Waals surface area contributed by atoms with Crippen LogP contribution in [-0.4, -0.2) is 26.7 Å². The maximum absolute atomic E-state index is 12.7. The second-order valence-corrected chi connectivity index (χ2v) is 6.95. The number of hydrogen-bond acceptors (Lipinski definition) is 4. The van der Waals surface area contributed by atoms with Gasteiger partial charge in [-0.1, -0.05) is 24.3 Å². The van der Waals surface area contributed by atoms with Crippen LogP contribution in [0.3, 0.4) is 0 Å². The van der Waals surface area contributed by atoms with E-state index in [9.17, 15) is 26.0 Å². The van der Waals surface area contributed by atoms with E-state index < -0.39 is 28.4 Å². The SMILES string of the molecule is C#C.CN(N)/C(=C\CC(F)(F)F)c1ccc(F)cc1.NS(=O)(=O)c1ccccc1. The molecule has 0 aliphatic heterocycles. The first-order valence-corrected chi connectivity index (χ1v) is 9.37. The van der Waals surface area contributed by atoms with E-state index in [1.165, 1.54) is 43.4 Å². The molecule has 4 N–H and O–H groups in total. The summed E-state index contributed by atoms with van der Waals surface area (Å²) in [6.07, 6.45) is 3.59. The fraction of sp³-hybridized carbons (Fsp3) is 0.158. The Labute approximate surface area is 167 Å². The van der Waals surface area contributed by atoms with Crippen molar-refractivity contribution in [2.75, 3.05) is 7.05 Å². The lowest BCUT2D eigenvalue weighted by Gasteiger charge is -2.17. The highest BCUT2D eigenvalue weighted by molar-refractivity contribution is 7.89. The lowest BCUT2D eigenvalue weighted by atomic mass is 10.1. The Hall–Kier alpha value is -2.87. The third kappa shape index (κ3) is 10.9. The van der Waals surface area contributed by atoms with Gasteiger partial charge in [0.25, 0.3) is 0 Å². The first-order valence-electron chi connectivity index (χ1n) is 7.82. The molecule has 0 aliphatic carbocycles. The van der Waals surface area contributed by atoms with Crippen molar-refractivity contribution in [3.63, 3.8) is 0 Å². The molecule has 0 unspecified atom stereocenters. The fourth-order valence-electron chi connectivity index (χ4n) is 1.91. The normalized spacial score (nSPS) is 11.4. The van der Waals surface area contributed by atoms with Gasteiger partial charge >= 0.3 is 6.18 Å². The van der Waals surface area contributed by atoms with Gasteiger partial charge in [0.05, 0.1) is 17.0 Å². The highest BCUT2D eigenvalue weighted by Crippen LogP contribution is 2.24. The molecule has 2 rings (SSSR count). The smallest absolute Gasteiger partial charge is 0.314 e. The van der Waals surface area contributed by atoms with E-state index in [1.54, 1.807) is 18.2 Å². The molecule has 0 radical (unpaired) electrons. The molecule has 0 fully saturated rings. The van der Waals surface area contributed by atoms with Gasteiger partial charge in [-0.05, 0) is 42.0 Å². The number of hydrazine groups is 1. The maximum atomic E-state index is 12.7. The number of nitrogens with two attached hydrogens (primary N) is 2. The highest BCUT2D eigenvalue weighted by Gasteiger charge is 2.25. The summed E-state index contributed by atoms with van der Waals surface area (Å²) in [4.78, 5) is 0.148.